The van der Waals surface area contributed by atoms with E-state index >= 15 is 0 Å². The van der Waals surface area contributed by atoms with Crippen molar-refractivity contribution in [1.29, 1.82) is 0 Å². The minimum absolute atomic E-state index is 0.000208. The second-order valence-electron chi connectivity index (χ2n) is 8.13. The van der Waals surface area contributed by atoms with Crippen LogP contribution in [0.15, 0.2) is 34.7 Å². The van der Waals surface area contributed by atoms with Crippen molar-refractivity contribution in [3.8, 4) is 0 Å². The highest BCUT2D eigenvalue weighted by atomic mass is 16.4. The summed E-state index contributed by atoms with van der Waals surface area (Å²) in [5.41, 5.74) is 0.927. The SMILES string of the molecule is C[C@@H]1C[C@H](O)[C@]2(C)C(C(=O)O)=CCC[C@H]2[C@@]1(C)CCc1ccoc1. The first-order chi connectivity index (χ1) is 11.3. The van der Waals surface area contributed by atoms with Gasteiger partial charge in [0.1, 0.15) is 0 Å². The van der Waals surface area contributed by atoms with Gasteiger partial charge in [0.2, 0.25) is 0 Å². The third-order valence-electron chi connectivity index (χ3n) is 7.06. The van der Waals surface area contributed by atoms with Gasteiger partial charge in [-0.15, -0.1) is 0 Å². The number of aliphatic hydroxyl groups is 1. The van der Waals surface area contributed by atoms with Gasteiger partial charge in [0.15, 0.2) is 0 Å². The van der Waals surface area contributed by atoms with E-state index in [0.717, 1.165) is 25.7 Å². The second kappa shape index (κ2) is 6.07. The van der Waals surface area contributed by atoms with Crippen molar-refractivity contribution in [2.24, 2.45) is 22.7 Å². The number of aliphatic carboxylic acids is 1. The highest BCUT2D eigenvalue weighted by Gasteiger charge is 2.59. The van der Waals surface area contributed by atoms with E-state index in [1.165, 1.54) is 5.56 Å². The first-order valence-electron chi connectivity index (χ1n) is 8.93. The van der Waals surface area contributed by atoms with Gasteiger partial charge in [-0.3, -0.25) is 0 Å². The molecule has 0 unspecified atom stereocenters. The monoisotopic (exact) mass is 332 g/mol. The summed E-state index contributed by atoms with van der Waals surface area (Å²) in [5, 5.41) is 20.5. The summed E-state index contributed by atoms with van der Waals surface area (Å²) in [6, 6.07) is 1.99. The summed E-state index contributed by atoms with van der Waals surface area (Å²) in [7, 11) is 0. The Morgan fingerprint density at radius 3 is 2.79 bits per heavy atom. The van der Waals surface area contributed by atoms with Crippen molar-refractivity contribution in [3.63, 3.8) is 0 Å². The first-order valence-corrected chi connectivity index (χ1v) is 8.93. The molecule has 132 valence electrons. The molecule has 4 nitrogen and oxygen atoms in total. The van der Waals surface area contributed by atoms with Crippen LogP contribution in [0, 0.1) is 22.7 Å². The fourth-order valence-electron chi connectivity index (χ4n) is 5.31. The fraction of sp³-hybridized carbons (Fsp3) is 0.650. The van der Waals surface area contributed by atoms with Crippen molar-refractivity contribution in [2.45, 2.75) is 59.0 Å². The maximum atomic E-state index is 11.8. The Morgan fingerprint density at radius 2 is 2.17 bits per heavy atom. The number of carboxylic acids is 1. The zero-order chi connectivity index (χ0) is 17.5. The van der Waals surface area contributed by atoms with Crippen molar-refractivity contribution in [1.82, 2.24) is 0 Å². The van der Waals surface area contributed by atoms with Crippen molar-refractivity contribution in [3.05, 3.63) is 35.8 Å². The van der Waals surface area contributed by atoms with E-state index < -0.39 is 17.5 Å². The van der Waals surface area contributed by atoms with E-state index in [9.17, 15) is 15.0 Å². The van der Waals surface area contributed by atoms with Crippen LogP contribution in [0.3, 0.4) is 0 Å². The Balaban J connectivity index is 1.94. The summed E-state index contributed by atoms with van der Waals surface area (Å²) in [5.74, 6) is -0.356. The molecule has 24 heavy (non-hydrogen) atoms. The lowest BCUT2D eigenvalue weighted by molar-refractivity contribution is -0.148. The van der Waals surface area contributed by atoms with Gasteiger partial charge >= 0.3 is 5.97 Å². The quantitative estimate of drug-likeness (QED) is 0.873. The van der Waals surface area contributed by atoms with Gasteiger partial charge in [0.25, 0.3) is 0 Å². The summed E-state index contributed by atoms with van der Waals surface area (Å²) >= 11 is 0. The third-order valence-corrected chi connectivity index (χ3v) is 7.06. The topological polar surface area (TPSA) is 70.7 Å². The smallest absolute Gasteiger partial charge is 0.331 e. The molecule has 0 radical (unpaired) electrons. The summed E-state index contributed by atoms with van der Waals surface area (Å²) in [6.45, 7) is 6.46. The number of hydrogen-bond acceptors (Lipinski definition) is 3. The molecule has 0 aliphatic heterocycles. The van der Waals surface area contributed by atoms with Crippen LogP contribution in [0.2, 0.25) is 0 Å². The Hall–Kier alpha value is -1.55. The maximum absolute atomic E-state index is 11.8. The van der Waals surface area contributed by atoms with Crippen LogP contribution in [0.1, 0.15) is 52.0 Å². The molecule has 0 bridgehead atoms. The van der Waals surface area contributed by atoms with Crippen LogP contribution in [0.4, 0.5) is 0 Å². The van der Waals surface area contributed by atoms with E-state index in [0.29, 0.717) is 17.9 Å². The van der Waals surface area contributed by atoms with Crippen LogP contribution in [0.25, 0.3) is 0 Å². The lowest BCUT2D eigenvalue weighted by Crippen LogP contribution is -2.57. The van der Waals surface area contributed by atoms with E-state index in [1.807, 2.05) is 19.1 Å². The maximum Gasteiger partial charge on any atom is 0.331 e. The molecular formula is C20H28O4. The lowest BCUT2D eigenvalue weighted by atomic mass is 9.45. The van der Waals surface area contributed by atoms with Gasteiger partial charge in [0.05, 0.1) is 18.6 Å². The number of furan rings is 1. The first kappa shape index (κ1) is 17.3. The predicted molar refractivity (Wildman–Crippen MR) is 91.5 cm³/mol. The summed E-state index contributed by atoms with van der Waals surface area (Å²) < 4.78 is 5.18. The molecule has 0 spiro atoms. The van der Waals surface area contributed by atoms with Crippen LogP contribution in [-0.2, 0) is 11.2 Å². The number of fused-ring (bicyclic) bond motifs is 1. The Bertz CT molecular complexity index is 632. The minimum atomic E-state index is -0.881. The molecule has 4 heteroatoms. The molecule has 0 amide bonds. The summed E-state index contributed by atoms with van der Waals surface area (Å²) in [6.07, 6.45) is 8.99. The number of carboxylic acid groups (broad SMARTS) is 1. The molecule has 1 aromatic rings. The van der Waals surface area contributed by atoms with Crippen LogP contribution >= 0.6 is 0 Å². The average Bonchev–Trinajstić information content (AvgIpc) is 3.04. The van der Waals surface area contributed by atoms with E-state index in [4.69, 9.17) is 4.42 Å². The van der Waals surface area contributed by atoms with Crippen molar-refractivity contribution >= 4 is 5.97 Å². The predicted octanol–water partition coefficient (Wildman–Crippen LogP) is 4.05. The van der Waals surface area contributed by atoms with E-state index in [2.05, 4.69) is 13.8 Å². The lowest BCUT2D eigenvalue weighted by Gasteiger charge is -2.59. The van der Waals surface area contributed by atoms with Crippen molar-refractivity contribution in [2.75, 3.05) is 0 Å². The van der Waals surface area contributed by atoms with Gasteiger partial charge in [-0.1, -0.05) is 26.8 Å². The number of aryl methyl sites for hydroxylation is 1. The molecule has 0 saturated heterocycles. The molecule has 2 aliphatic rings. The molecular weight excluding hydrogens is 304 g/mol. The van der Waals surface area contributed by atoms with Gasteiger partial charge < -0.3 is 14.6 Å². The van der Waals surface area contributed by atoms with Crippen LogP contribution < -0.4 is 0 Å². The normalized spacial score (nSPS) is 39.2. The zero-order valence-electron chi connectivity index (χ0n) is 14.8. The Morgan fingerprint density at radius 1 is 1.42 bits per heavy atom. The molecule has 2 aliphatic carbocycles. The molecule has 0 aromatic carbocycles. The zero-order valence-corrected chi connectivity index (χ0v) is 14.8. The van der Waals surface area contributed by atoms with Crippen LogP contribution in [-0.4, -0.2) is 22.3 Å². The van der Waals surface area contributed by atoms with Crippen LogP contribution in [0.5, 0.6) is 0 Å². The number of aliphatic hydroxyl groups excluding tert-OH is 1. The van der Waals surface area contributed by atoms with Gasteiger partial charge in [-0.2, -0.15) is 0 Å². The molecule has 3 rings (SSSR count). The molecule has 1 saturated carbocycles. The number of allylic oxidation sites excluding steroid dienone is 1. The summed E-state index contributed by atoms with van der Waals surface area (Å²) in [4.78, 5) is 11.8. The van der Waals surface area contributed by atoms with E-state index in [-0.39, 0.29) is 11.3 Å². The molecule has 2 N–H and O–H groups in total. The molecule has 1 fully saturated rings. The average molecular weight is 332 g/mol. The number of hydrogen-bond donors (Lipinski definition) is 2. The highest BCUT2D eigenvalue weighted by Crippen LogP contribution is 2.61. The van der Waals surface area contributed by atoms with Gasteiger partial charge in [0, 0.05) is 11.0 Å². The minimum Gasteiger partial charge on any atom is -0.478 e. The van der Waals surface area contributed by atoms with Crippen molar-refractivity contribution < 1.29 is 19.4 Å². The third kappa shape index (κ3) is 2.52. The molecule has 1 heterocycles. The second-order valence-corrected chi connectivity index (χ2v) is 8.13. The molecule has 1 aromatic heterocycles. The van der Waals surface area contributed by atoms with E-state index in [1.54, 1.807) is 12.5 Å². The Labute approximate surface area is 143 Å². The van der Waals surface area contributed by atoms with Gasteiger partial charge in [-0.05, 0) is 61.0 Å². The van der Waals surface area contributed by atoms with Gasteiger partial charge in [-0.25, -0.2) is 4.79 Å². The number of rotatable bonds is 4. The highest BCUT2D eigenvalue weighted by molar-refractivity contribution is 5.88. The fourth-order valence-corrected chi connectivity index (χ4v) is 5.31. The standard InChI is InChI=1S/C20H28O4/c1-13-11-17(21)20(3)15(18(22)23)5-4-6-16(20)19(13,2)9-7-14-8-10-24-12-14/h5,8,10,12-13,16-17,21H,4,6-7,9,11H2,1-3H3,(H,22,23)/t13-,16+,17+,19+,20-/m1/s1. The largest absolute Gasteiger partial charge is 0.478 e. The Kier molecular flexibility index (Phi) is 4.37. The number of carbonyl (C=O) groups is 1. The molecule has 5 atom stereocenters.